The summed E-state index contributed by atoms with van der Waals surface area (Å²) < 4.78 is 0. The average molecular weight is 271 g/mol. The Hall–Kier alpha value is -1.94. The Morgan fingerprint density at radius 3 is 2.79 bits per heavy atom. The second kappa shape index (κ2) is 6.29. The van der Waals surface area contributed by atoms with Crippen molar-refractivity contribution < 1.29 is 0 Å². The summed E-state index contributed by atoms with van der Waals surface area (Å²) in [5.41, 5.74) is 9.75. The standard InChI is InChI=1S/C15H17N3S/c1-2-5-11-6-3-4-7-13(11)18-14-10-17-9-8-12(14)15(16)19/h3-4,6-10,18H,2,5H2,1H3,(H2,16,19). The molecule has 0 unspecified atom stereocenters. The molecule has 4 heteroatoms. The van der Waals surface area contributed by atoms with E-state index in [1.165, 1.54) is 5.56 Å². The van der Waals surface area contributed by atoms with Crippen LogP contribution in [0.15, 0.2) is 42.7 Å². The lowest BCUT2D eigenvalue weighted by atomic mass is 10.1. The molecular formula is C15H17N3S. The van der Waals surface area contributed by atoms with Gasteiger partial charge in [-0.2, -0.15) is 0 Å². The van der Waals surface area contributed by atoms with Gasteiger partial charge < -0.3 is 11.1 Å². The zero-order valence-electron chi connectivity index (χ0n) is 10.9. The number of rotatable bonds is 5. The van der Waals surface area contributed by atoms with E-state index in [2.05, 4.69) is 29.4 Å². The summed E-state index contributed by atoms with van der Waals surface area (Å²) in [7, 11) is 0. The monoisotopic (exact) mass is 271 g/mol. The van der Waals surface area contributed by atoms with Gasteiger partial charge in [0.2, 0.25) is 0 Å². The second-order valence-electron chi connectivity index (χ2n) is 4.32. The first-order valence-corrected chi connectivity index (χ1v) is 6.72. The molecule has 0 aliphatic rings. The van der Waals surface area contributed by atoms with Crippen molar-refractivity contribution in [2.75, 3.05) is 5.32 Å². The van der Waals surface area contributed by atoms with Crippen LogP contribution in [0.1, 0.15) is 24.5 Å². The fourth-order valence-electron chi connectivity index (χ4n) is 1.98. The molecule has 2 aromatic rings. The van der Waals surface area contributed by atoms with Crippen LogP contribution in [0.4, 0.5) is 11.4 Å². The number of pyridine rings is 1. The van der Waals surface area contributed by atoms with E-state index in [0.717, 1.165) is 29.8 Å². The maximum absolute atomic E-state index is 5.73. The van der Waals surface area contributed by atoms with Crippen molar-refractivity contribution in [3.8, 4) is 0 Å². The molecule has 0 bridgehead atoms. The predicted molar refractivity (Wildman–Crippen MR) is 83.8 cm³/mol. The molecule has 3 nitrogen and oxygen atoms in total. The van der Waals surface area contributed by atoms with Crippen LogP contribution in [0.5, 0.6) is 0 Å². The molecule has 98 valence electrons. The fourth-order valence-corrected chi connectivity index (χ4v) is 2.16. The Bertz CT molecular complexity index is 581. The number of nitrogens with zero attached hydrogens (tertiary/aromatic N) is 1. The number of aromatic nitrogens is 1. The van der Waals surface area contributed by atoms with Gasteiger partial charge in [0, 0.05) is 17.4 Å². The van der Waals surface area contributed by atoms with Crippen LogP contribution in [0.2, 0.25) is 0 Å². The van der Waals surface area contributed by atoms with E-state index in [0.29, 0.717) is 4.99 Å². The van der Waals surface area contributed by atoms with Crippen molar-refractivity contribution in [3.05, 3.63) is 53.9 Å². The topological polar surface area (TPSA) is 50.9 Å². The zero-order valence-corrected chi connectivity index (χ0v) is 11.7. The lowest BCUT2D eigenvalue weighted by Gasteiger charge is -2.13. The third-order valence-electron chi connectivity index (χ3n) is 2.89. The van der Waals surface area contributed by atoms with E-state index >= 15 is 0 Å². The maximum atomic E-state index is 5.73. The van der Waals surface area contributed by atoms with Crippen LogP contribution in [0.3, 0.4) is 0 Å². The molecule has 2 rings (SSSR count). The zero-order chi connectivity index (χ0) is 13.7. The minimum atomic E-state index is 0.373. The van der Waals surface area contributed by atoms with Crippen LogP contribution < -0.4 is 11.1 Å². The Labute approximate surface area is 118 Å². The number of nitrogens with two attached hydrogens (primary N) is 1. The number of hydrogen-bond acceptors (Lipinski definition) is 3. The smallest absolute Gasteiger partial charge is 0.106 e. The molecule has 0 amide bonds. The third kappa shape index (κ3) is 3.29. The van der Waals surface area contributed by atoms with E-state index in [1.807, 2.05) is 18.2 Å². The number of thiocarbonyl (C=S) groups is 1. The third-order valence-corrected chi connectivity index (χ3v) is 3.11. The number of para-hydroxylation sites is 1. The Morgan fingerprint density at radius 2 is 2.05 bits per heavy atom. The molecule has 1 aromatic heterocycles. The highest BCUT2D eigenvalue weighted by molar-refractivity contribution is 7.80. The molecule has 0 spiro atoms. The summed E-state index contributed by atoms with van der Waals surface area (Å²) in [6.45, 7) is 2.17. The molecule has 0 fully saturated rings. The van der Waals surface area contributed by atoms with Gasteiger partial charge in [0.05, 0.1) is 11.9 Å². The van der Waals surface area contributed by atoms with Gasteiger partial charge >= 0.3 is 0 Å². The van der Waals surface area contributed by atoms with Crippen LogP contribution >= 0.6 is 12.2 Å². The van der Waals surface area contributed by atoms with Gasteiger partial charge in [-0.25, -0.2) is 0 Å². The molecule has 3 N–H and O–H groups in total. The number of anilines is 2. The van der Waals surface area contributed by atoms with Crippen LogP contribution in [0, 0.1) is 0 Å². The molecular weight excluding hydrogens is 254 g/mol. The highest BCUT2D eigenvalue weighted by Crippen LogP contribution is 2.24. The molecule has 1 aromatic carbocycles. The minimum Gasteiger partial charge on any atom is -0.389 e. The van der Waals surface area contributed by atoms with Gasteiger partial charge in [0.1, 0.15) is 4.99 Å². The first-order valence-electron chi connectivity index (χ1n) is 6.31. The molecule has 0 atom stereocenters. The van der Waals surface area contributed by atoms with Crippen molar-refractivity contribution >= 4 is 28.6 Å². The van der Waals surface area contributed by atoms with Crippen molar-refractivity contribution in [3.63, 3.8) is 0 Å². The van der Waals surface area contributed by atoms with Crippen molar-refractivity contribution in [1.29, 1.82) is 0 Å². The van der Waals surface area contributed by atoms with Crippen LogP contribution in [-0.4, -0.2) is 9.97 Å². The van der Waals surface area contributed by atoms with Gasteiger partial charge in [-0.1, -0.05) is 43.8 Å². The molecule has 0 saturated carbocycles. The highest BCUT2D eigenvalue weighted by Gasteiger charge is 2.07. The summed E-state index contributed by atoms with van der Waals surface area (Å²) >= 11 is 5.06. The van der Waals surface area contributed by atoms with Gasteiger partial charge in [-0.05, 0) is 24.1 Å². The van der Waals surface area contributed by atoms with Gasteiger partial charge in [-0.15, -0.1) is 0 Å². The molecule has 0 saturated heterocycles. The second-order valence-corrected chi connectivity index (χ2v) is 4.76. The largest absolute Gasteiger partial charge is 0.389 e. The number of nitrogens with one attached hydrogen (secondary N) is 1. The number of hydrogen-bond donors (Lipinski definition) is 2. The summed E-state index contributed by atoms with van der Waals surface area (Å²) in [6.07, 6.45) is 5.58. The maximum Gasteiger partial charge on any atom is 0.106 e. The van der Waals surface area contributed by atoms with Crippen LogP contribution in [0.25, 0.3) is 0 Å². The van der Waals surface area contributed by atoms with Crippen molar-refractivity contribution in [1.82, 2.24) is 4.98 Å². The van der Waals surface area contributed by atoms with Crippen molar-refractivity contribution in [2.24, 2.45) is 5.73 Å². The fraction of sp³-hybridized carbons (Fsp3) is 0.200. The first-order chi connectivity index (χ1) is 9.22. The van der Waals surface area contributed by atoms with Crippen LogP contribution in [-0.2, 0) is 6.42 Å². The molecule has 19 heavy (non-hydrogen) atoms. The summed E-state index contributed by atoms with van der Waals surface area (Å²) in [4.78, 5) is 4.49. The quantitative estimate of drug-likeness (QED) is 0.818. The molecule has 1 heterocycles. The molecule has 0 aliphatic carbocycles. The van der Waals surface area contributed by atoms with Gasteiger partial charge in [0.15, 0.2) is 0 Å². The van der Waals surface area contributed by atoms with Gasteiger partial charge in [0.25, 0.3) is 0 Å². The Balaban J connectivity index is 2.34. The van der Waals surface area contributed by atoms with E-state index in [4.69, 9.17) is 18.0 Å². The van der Waals surface area contributed by atoms with E-state index in [1.54, 1.807) is 12.4 Å². The van der Waals surface area contributed by atoms with E-state index in [-0.39, 0.29) is 0 Å². The summed E-state index contributed by atoms with van der Waals surface area (Å²) in [6, 6.07) is 10.1. The minimum absolute atomic E-state index is 0.373. The summed E-state index contributed by atoms with van der Waals surface area (Å²) in [5.74, 6) is 0. The van der Waals surface area contributed by atoms with E-state index in [9.17, 15) is 0 Å². The SMILES string of the molecule is CCCc1ccccc1Nc1cnccc1C(N)=S. The van der Waals surface area contributed by atoms with Gasteiger partial charge in [-0.3, -0.25) is 4.98 Å². The average Bonchev–Trinajstić information content (AvgIpc) is 2.42. The summed E-state index contributed by atoms with van der Waals surface area (Å²) in [5, 5.41) is 3.38. The Kier molecular flexibility index (Phi) is 4.47. The van der Waals surface area contributed by atoms with E-state index < -0.39 is 0 Å². The number of benzene rings is 1. The first kappa shape index (κ1) is 13.5. The molecule has 0 radical (unpaired) electrons. The lowest BCUT2D eigenvalue weighted by molar-refractivity contribution is 0.923. The Morgan fingerprint density at radius 1 is 1.26 bits per heavy atom. The molecule has 0 aliphatic heterocycles. The van der Waals surface area contributed by atoms with Crippen molar-refractivity contribution in [2.45, 2.75) is 19.8 Å². The lowest BCUT2D eigenvalue weighted by Crippen LogP contribution is -2.12. The number of aryl methyl sites for hydroxylation is 1. The predicted octanol–water partition coefficient (Wildman–Crippen LogP) is 3.41. The normalized spacial score (nSPS) is 10.2. The highest BCUT2D eigenvalue weighted by atomic mass is 32.1.